The number of hydrogen-bond donors (Lipinski definition) is 3. The van der Waals surface area contributed by atoms with E-state index >= 15 is 0 Å². The third-order valence-electron chi connectivity index (χ3n) is 4.76. The van der Waals surface area contributed by atoms with E-state index in [1.54, 1.807) is 6.07 Å². The van der Waals surface area contributed by atoms with Crippen LogP contribution in [0.15, 0.2) is 41.9 Å². The lowest BCUT2D eigenvalue weighted by atomic mass is 9.98. The molecule has 1 aliphatic rings. The SMILES string of the molecule is C=CC(C)(O)[C@H]1COc2c(cn(C)c2C(=O)Nc2ccc(F)c(C#N)c2)S(=O)(=O)N1. The van der Waals surface area contributed by atoms with Crippen molar-refractivity contribution in [3.05, 3.63) is 54.1 Å². The summed E-state index contributed by atoms with van der Waals surface area (Å²) in [6.07, 6.45) is 2.40. The number of aromatic nitrogens is 1. The normalized spacial score (nSPS) is 19.4. The lowest BCUT2D eigenvalue weighted by Gasteiger charge is -2.28. The minimum atomic E-state index is -4.12. The van der Waals surface area contributed by atoms with E-state index in [4.69, 9.17) is 10.00 Å². The monoisotopic (exact) mass is 434 g/mol. The first kappa shape index (κ1) is 21.5. The Morgan fingerprint density at radius 3 is 2.90 bits per heavy atom. The number of sulfonamides is 1. The summed E-state index contributed by atoms with van der Waals surface area (Å²) in [4.78, 5) is 12.6. The van der Waals surface area contributed by atoms with Crippen LogP contribution in [0.4, 0.5) is 10.1 Å². The minimum absolute atomic E-state index is 0.0999. The number of nitriles is 1. The topological polar surface area (TPSA) is 133 Å². The van der Waals surface area contributed by atoms with Gasteiger partial charge < -0.3 is 19.7 Å². The second-order valence-electron chi connectivity index (χ2n) is 6.96. The number of rotatable bonds is 4. The van der Waals surface area contributed by atoms with Gasteiger partial charge in [0.25, 0.3) is 5.91 Å². The van der Waals surface area contributed by atoms with Crippen LogP contribution >= 0.6 is 0 Å². The summed E-state index contributed by atoms with van der Waals surface area (Å²) in [5.41, 5.74) is -1.80. The second kappa shape index (κ2) is 7.56. The average molecular weight is 434 g/mol. The van der Waals surface area contributed by atoms with Crippen LogP contribution in [0.5, 0.6) is 5.75 Å². The molecule has 2 heterocycles. The van der Waals surface area contributed by atoms with Crippen LogP contribution in [0.25, 0.3) is 0 Å². The Bertz CT molecular complexity index is 1180. The first-order valence-electron chi connectivity index (χ1n) is 8.71. The van der Waals surface area contributed by atoms with Crippen LogP contribution in [0, 0.1) is 17.1 Å². The Labute approximate surface area is 172 Å². The van der Waals surface area contributed by atoms with Crippen molar-refractivity contribution < 1.29 is 27.4 Å². The van der Waals surface area contributed by atoms with Crippen molar-refractivity contribution in [2.45, 2.75) is 23.5 Å². The van der Waals surface area contributed by atoms with Crippen LogP contribution in [0.1, 0.15) is 23.0 Å². The smallest absolute Gasteiger partial charge is 0.276 e. The molecule has 1 aromatic carbocycles. The molecule has 9 nitrogen and oxygen atoms in total. The summed E-state index contributed by atoms with van der Waals surface area (Å²) < 4.78 is 48.3. The van der Waals surface area contributed by atoms with Crippen LogP contribution < -0.4 is 14.8 Å². The minimum Gasteiger partial charge on any atom is -0.488 e. The molecule has 0 fully saturated rings. The molecule has 30 heavy (non-hydrogen) atoms. The predicted molar refractivity (Wildman–Crippen MR) is 105 cm³/mol. The lowest BCUT2D eigenvalue weighted by molar-refractivity contribution is 0.0555. The molecule has 0 saturated carbocycles. The Balaban J connectivity index is 1.99. The Morgan fingerprint density at radius 1 is 1.57 bits per heavy atom. The second-order valence-corrected chi connectivity index (χ2v) is 8.64. The summed E-state index contributed by atoms with van der Waals surface area (Å²) in [6.45, 7) is 4.61. The number of ether oxygens (including phenoxy) is 1. The molecule has 11 heteroatoms. The zero-order chi connectivity index (χ0) is 22.3. The van der Waals surface area contributed by atoms with E-state index in [0.29, 0.717) is 0 Å². The largest absolute Gasteiger partial charge is 0.488 e. The molecule has 0 radical (unpaired) electrons. The fourth-order valence-corrected chi connectivity index (χ4v) is 4.44. The van der Waals surface area contributed by atoms with Crippen LogP contribution in [-0.4, -0.2) is 42.2 Å². The number of nitrogens with zero attached hydrogens (tertiary/aromatic N) is 2. The zero-order valence-corrected chi connectivity index (χ0v) is 17.0. The number of fused-ring (bicyclic) bond motifs is 1. The van der Waals surface area contributed by atoms with Crippen LogP contribution in [0.3, 0.4) is 0 Å². The molecular weight excluding hydrogens is 415 g/mol. The van der Waals surface area contributed by atoms with E-state index in [1.807, 2.05) is 0 Å². The third-order valence-corrected chi connectivity index (χ3v) is 6.23. The molecule has 0 aliphatic carbocycles. The molecule has 3 rings (SSSR count). The third kappa shape index (κ3) is 3.80. The summed E-state index contributed by atoms with van der Waals surface area (Å²) in [5.74, 6) is -1.64. The maximum atomic E-state index is 13.5. The summed E-state index contributed by atoms with van der Waals surface area (Å²) in [7, 11) is -2.66. The van der Waals surface area contributed by atoms with Crippen molar-refractivity contribution in [3.8, 4) is 11.8 Å². The number of nitrogens with one attached hydrogen (secondary N) is 2. The maximum Gasteiger partial charge on any atom is 0.276 e. The van der Waals surface area contributed by atoms with Gasteiger partial charge in [-0.1, -0.05) is 6.08 Å². The van der Waals surface area contributed by atoms with E-state index in [0.717, 1.165) is 12.1 Å². The van der Waals surface area contributed by atoms with Gasteiger partial charge in [-0.25, -0.2) is 17.5 Å². The average Bonchev–Trinajstić information content (AvgIpc) is 2.97. The molecule has 1 unspecified atom stereocenters. The summed E-state index contributed by atoms with van der Waals surface area (Å²) in [6, 6.07) is 4.10. The van der Waals surface area contributed by atoms with Gasteiger partial charge in [0, 0.05) is 18.9 Å². The Hall–Kier alpha value is -3.20. The van der Waals surface area contributed by atoms with Crippen LogP contribution in [-0.2, 0) is 17.1 Å². The fraction of sp³-hybridized carbons (Fsp3) is 0.263. The number of carbonyl (C=O) groups is 1. The van der Waals surface area contributed by atoms with Crippen molar-refractivity contribution in [2.75, 3.05) is 11.9 Å². The van der Waals surface area contributed by atoms with Gasteiger partial charge in [-0.3, -0.25) is 4.79 Å². The highest BCUT2D eigenvalue weighted by Crippen LogP contribution is 2.34. The Kier molecular flexibility index (Phi) is 5.42. The number of halogens is 1. The first-order valence-corrected chi connectivity index (χ1v) is 10.2. The van der Waals surface area contributed by atoms with E-state index in [9.17, 15) is 22.7 Å². The summed E-state index contributed by atoms with van der Waals surface area (Å²) in [5, 5.41) is 21.8. The van der Waals surface area contributed by atoms with Gasteiger partial charge in [0.2, 0.25) is 10.0 Å². The number of amides is 1. The Morgan fingerprint density at radius 2 is 2.27 bits per heavy atom. The number of aryl methyl sites for hydroxylation is 1. The van der Waals surface area contributed by atoms with E-state index in [-0.39, 0.29) is 34.2 Å². The van der Waals surface area contributed by atoms with E-state index < -0.39 is 33.4 Å². The highest BCUT2D eigenvalue weighted by Gasteiger charge is 2.40. The number of hydrogen-bond acceptors (Lipinski definition) is 6. The first-order chi connectivity index (χ1) is 14.0. The lowest BCUT2D eigenvalue weighted by Crippen LogP contribution is -2.51. The molecule has 2 aromatic rings. The van der Waals surface area contributed by atoms with Gasteiger partial charge in [0.1, 0.15) is 23.4 Å². The van der Waals surface area contributed by atoms with Crippen molar-refractivity contribution in [1.29, 1.82) is 5.26 Å². The summed E-state index contributed by atoms with van der Waals surface area (Å²) >= 11 is 0. The molecule has 1 aromatic heterocycles. The van der Waals surface area contributed by atoms with Gasteiger partial charge in [-0.2, -0.15) is 5.26 Å². The molecule has 3 N–H and O–H groups in total. The molecule has 158 valence electrons. The highest BCUT2D eigenvalue weighted by molar-refractivity contribution is 7.89. The predicted octanol–water partition coefficient (Wildman–Crippen LogP) is 1.26. The fourth-order valence-electron chi connectivity index (χ4n) is 2.93. The van der Waals surface area contributed by atoms with Crippen molar-refractivity contribution in [2.24, 2.45) is 7.05 Å². The van der Waals surface area contributed by atoms with Gasteiger partial charge in [-0.15, -0.1) is 6.58 Å². The zero-order valence-electron chi connectivity index (χ0n) is 16.1. The van der Waals surface area contributed by atoms with Gasteiger partial charge in [0.05, 0.1) is 17.2 Å². The standard InChI is InChI=1S/C19H19FN4O5S/c1-4-19(2,26)15-10-29-17-14(30(27,28)23-15)9-24(3)16(17)18(25)22-12-5-6-13(20)11(7-12)8-21/h4-7,9,15,23,26H,1,10H2,2-3H3,(H,22,25)/t15-,19?/m1/s1. The maximum absolute atomic E-state index is 13.5. The molecule has 0 bridgehead atoms. The number of benzene rings is 1. The van der Waals surface area contributed by atoms with E-state index in [1.165, 1.54) is 36.9 Å². The van der Waals surface area contributed by atoms with Crippen molar-refractivity contribution >= 4 is 21.6 Å². The molecule has 2 atom stereocenters. The molecular formula is C19H19FN4O5S. The van der Waals surface area contributed by atoms with Crippen molar-refractivity contribution in [3.63, 3.8) is 0 Å². The molecule has 1 amide bonds. The quantitative estimate of drug-likeness (QED) is 0.621. The van der Waals surface area contributed by atoms with Crippen molar-refractivity contribution in [1.82, 2.24) is 9.29 Å². The number of aliphatic hydroxyl groups is 1. The number of anilines is 1. The van der Waals surface area contributed by atoms with Gasteiger partial charge in [-0.05, 0) is 25.1 Å². The number of carbonyl (C=O) groups excluding carboxylic acids is 1. The molecule has 0 saturated heterocycles. The molecule has 0 spiro atoms. The van der Waals surface area contributed by atoms with Gasteiger partial charge >= 0.3 is 0 Å². The van der Waals surface area contributed by atoms with E-state index in [2.05, 4.69) is 16.6 Å². The van der Waals surface area contributed by atoms with Gasteiger partial charge in [0.15, 0.2) is 11.4 Å². The molecule has 1 aliphatic heterocycles. The highest BCUT2D eigenvalue weighted by atomic mass is 32.2. The van der Waals surface area contributed by atoms with Crippen LogP contribution in [0.2, 0.25) is 0 Å².